The highest BCUT2D eigenvalue weighted by molar-refractivity contribution is 5.94. The first-order valence-electron chi connectivity index (χ1n) is 9.74. The van der Waals surface area contributed by atoms with Gasteiger partial charge in [-0.15, -0.1) is 0 Å². The number of carbonyl (C=O) groups excluding carboxylic acids is 1. The van der Waals surface area contributed by atoms with E-state index in [1.165, 1.54) is 12.8 Å². The molecule has 0 bridgehead atoms. The number of nitrogens with one attached hydrogen (secondary N) is 1. The monoisotopic (exact) mass is 362 g/mol. The third-order valence-electron chi connectivity index (χ3n) is 6.06. The standard InChI is InChI=1S/C22H26N4O/c1-22(2,13-23)19-7-6-17(12-18(19)20-8-9-26(3)25-20)24-21(27)16-10-15(11-16)14-4-5-14/h6-9,12,14-16H,4-5,10-11H2,1-3H3,(H,24,27). The lowest BCUT2D eigenvalue weighted by Crippen LogP contribution is -2.35. The fourth-order valence-electron chi connectivity index (χ4n) is 4.07. The lowest BCUT2D eigenvalue weighted by molar-refractivity contribution is -0.124. The molecule has 2 aliphatic carbocycles. The average molecular weight is 362 g/mol. The maximum absolute atomic E-state index is 12.6. The zero-order chi connectivity index (χ0) is 19.2. The number of benzene rings is 1. The van der Waals surface area contributed by atoms with E-state index in [1.807, 2.05) is 51.4 Å². The highest BCUT2D eigenvalue weighted by atomic mass is 16.1. The molecular formula is C22H26N4O. The normalized spacial score (nSPS) is 22.0. The van der Waals surface area contributed by atoms with Gasteiger partial charge in [0.25, 0.3) is 0 Å². The number of carbonyl (C=O) groups is 1. The Kier molecular flexibility index (Phi) is 4.30. The molecule has 1 heterocycles. The molecule has 0 atom stereocenters. The van der Waals surface area contributed by atoms with Gasteiger partial charge in [0.15, 0.2) is 0 Å². The molecular weight excluding hydrogens is 336 g/mol. The smallest absolute Gasteiger partial charge is 0.227 e. The number of hydrogen-bond acceptors (Lipinski definition) is 3. The molecule has 5 heteroatoms. The molecule has 27 heavy (non-hydrogen) atoms. The second kappa shape index (κ2) is 6.53. The first-order chi connectivity index (χ1) is 12.9. The van der Waals surface area contributed by atoms with E-state index in [0.29, 0.717) is 0 Å². The molecule has 2 aliphatic rings. The van der Waals surface area contributed by atoms with Gasteiger partial charge in [0.1, 0.15) is 0 Å². The largest absolute Gasteiger partial charge is 0.326 e. The van der Waals surface area contributed by atoms with Crippen LogP contribution in [0.2, 0.25) is 0 Å². The maximum Gasteiger partial charge on any atom is 0.227 e. The Labute approximate surface area is 160 Å². The molecule has 1 aromatic carbocycles. The summed E-state index contributed by atoms with van der Waals surface area (Å²) in [7, 11) is 1.87. The Morgan fingerprint density at radius 2 is 2.00 bits per heavy atom. The molecule has 1 N–H and O–H groups in total. The van der Waals surface area contributed by atoms with Crippen molar-refractivity contribution >= 4 is 11.6 Å². The van der Waals surface area contributed by atoms with Crippen LogP contribution in [0, 0.1) is 29.1 Å². The minimum Gasteiger partial charge on any atom is -0.326 e. The van der Waals surface area contributed by atoms with Crippen molar-refractivity contribution < 1.29 is 4.79 Å². The van der Waals surface area contributed by atoms with Gasteiger partial charge in [0.2, 0.25) is 5.91 Å². The second-order valence-corrected chi connectivity index (χ2v) is 8.63. The molecule has 0 saturated heterocycles. The van der Waals surface area contributed by atoms with Crippen LogP contribution in [0.25, 0.3) is 11.3 Å². The number of hydrogen-bond donors (Lipinski definition) is 1. The van der Waals surface area contributed by atoms with Gasteiger partial charge in [-0.05, 0) is 75.1 Å². The summed E-state index contributed by atoms with van der Waals surface area (Å²) in [5.74, 6) is 1.91. The number of rotatable bonds is 5. The summed E-state index contributed by atoms with van der Waals surface area (Å²) in [4.78, 5) is 12.6. The van der Waals surface area contributed by atoms with Crippen molar-refractivity contribution in [3.63, 3.8) is 0 Å². The van der Waals surface area contributed by atoms with E-state index in [4.69, 9.17) is 0 Å². The zero-order valence-electron chi connectivity index (χ0n) is 16.2. The third-order valence-corrected chi connectivity index (χ3v) is 6.06. The first kappa shape index (κ1) is 17.8. The van der Waals surface area contributed by atoms with Gasteiger partial charge in [-0.2, -0.15) is 10.4 Å². The molecule has 4 rings (SSSR count). The predicted molar refractivity (Wildman–Crippen MR) is 105 cm³/mol. The highest BCUT2D eigenvalue weighted by Gasteiger charge is 2.42. The number of nitriles is 1. The molecule has 0 unspecified atom stereocenters. The Balaban J connectivity index is 1.57. The fourth-order valence-corrected chi connectivity index (χ4v) is 4.07. The summed E-state index contributed by atoms with van der Waals surface area (Å²) in [6.07, 6.45) is 6.65. The van der Waals surface area contributed by atoms with E-state index in [9.17, 15) is 10.1 Å². The summed E-state index contributed by atoms with van der Waals surface area (Å²) < 4.78 is 1.75. The van der Waals surface area contributed by atoms with Gasteiger partial charge in [-0.3, -0.25) is 9.48 Å². The van der Waals surface area contributed by atoms with Gasteiger partial charge in [-0.25, -0.2) is 0 Å². The number of amides is 1. The Bertz CT molecular complexity index is 911. The van der Waals surface area contributed by atoms with Crippen LogP contribution >= 0.6 is 0 Å². The molecule has 140 valence electrons. The van der Waals surface area contributed by atoms with Crippen molar-refractivity contribution in [2.24, 2.45) is 24.8 Å². The first-order valence-corrected chi connectivity index (χ1v) is 9.74. The maximum atomic E-state index is 12.6. The van der Waals surface area contributed by atoms with Crippen LogP contribution in [0.1, 0.15) is 45.1 Å². The number of anilines is 1. The molecule has 1 aromatic heterocycles. The Morgan fingerprint density at radius 1 is 1.26 bits per heavy atom. The van der Waals surface area contributed by atoms with Crippen LogP contribution in [0.4, 0.5) is 5.69 Å². The average Bonchev–Trinajstić information content (AvgIpc) is 3.33. The number of nitrogens with zero attached hydrogens (tertiary/aromatic N) is 3. The van der Waals surface area contributed by atoms with Gasteiger partial charge in [-0.1, -0.05) is 6.07 Å². The highest BCUT2D eigenvalue weighted by Crippen LogP contribution is 2.49. The fraction of sp³-hybridized carbons (Fsp3) is 0.500. The summed E-state index contributed by atoms with van der Waals surface area (Å²) in [6, 6.07) is 10.1. The minimum atomic E-state index is -0.638. The van der Waals surface area contributed by atoms with Crippen LogP contribution in [-0.4, -0.2) is 15.7 Å². The van der Waals surface area contributed by atoms with Gasteiger partial charge >= 0.3 is 0 Å². The zero-order valence-corrected chi connectivity index (χ0v) is 16.2. The van der Waals surface area contributed by atoms with Crippen molar-refractivity contribution in [3.8, 4) is 17.3 Å². The number of aryl methyl sites for hydroxylation is 1. The molecule has 5 nitrogen and oxygen atoms in total. The minimum absolute atomic E-state index is 0.117. The summed E-state index contributed by atoms with van der Waals surface area (Å²) >= 11 is 0. The van der Waals surface area contributed by atoms with Crippen LogP contribution in [0.15, 0.2) is 30.5 Å². The van der Waals surface area contributed by atoms with Gasteiger partial charge < -0.3 is 5.32 Å². The van der Waals surface area contributed by atoms with Crippen LogP contribution in [-0.2, 0) is 17.3 Å². The van der Waals surface area contributed by atoms with Crippen molar-refractivity contribution in [2.75, 3.05) is 5.32 Å². The SMILES string of the molecule is Cn1ccc(-c2cc(NC(=O)C3CC(C4CC4)C3)ccc2C(C)(C)C#N)n1. The molecule has 2 fully saturated rings. The van der Waals surface area contributed by atoms with E-state index >= 15 is 0 Å². The number of aromatic nitrogens is 2. The van der Waals surface area contributed by atoms with Crippen molar-refractivity contribution in [1.29, 1.82) is 5.26 Å². The van der Waals surface area contributed by atoms with E-state index in [-0.39, 0.29) is 11.8 Å². The molecule has 0 radical (unpaired) electrons. The molecule has 0 aliphatic heterocycles. The van der Waals surface area contributed by atoms with Crippen LogP contribution in [0.3, 0.4) is 0 Å². The second-order valence-electron chi connectivity index (χ2n) is 8.63. The third kappa shape index (κ3) is 3.49. The summed E-state index contributed by atoms with van der Waals surface area (Å²) in [6.45, 7) is 3.80. The van der Waals surface area contributed by atoms with E-state index < -0.39 is 5.41 Å². The summed E-state index contributed by atoms with van der Waals surface area (Å²) in [5.41, 5.74) is 2.75. The van der Waals surface area contributed by atoms with Crippen molar-refractivity contribution in [3.05, 3.63) is 36.0 Å². The Hall–Kier alpha value is -2.61. The summed E-state index contributed by atoms with van der Waals surface area (Å²) in [5, 5.41) is 17.2. The van der Waals surface area contributed by atoms with E-state index in [1.54, 1.807) is 4.68 Å². The van der Waals surface area contributed by atoms with E-state index in [0.717, 1.165) is 47.2 Å². The molecule has 2 aromatic rings. The predicted octanol–water partition coefficient (Wildman–Crippen LogP) is 4.26. The van der Waals surface area contributed by atoms with Gasteiger partial charge in [0.05, 0.1) is 17.2 Å². The molecule has 2 saturated carbocycles. The van der Waals surface area contributed by atoms with Crippen molar-refractivity contribution in [2.45, 2.75) is 44.9 Å². The van der Waals surface area contributed by atoms with E-state index in [2.05, 4.69) is 16.5 Å². The van der Waals surface area contributed by atoms with Crippen LogP contribution in [0.5, 0.6) is 0 Å². The quantitative estimate of drug-likeness (QED) is 0.864. The van der Waals surface area contributed by atoms with Crippen molar-refractivity contribution in [1.82, 2.24) is 9.78 Å². The topological polar surface area (TPSA) is 70.7 Å². The Morgan fingerprint density at radius 3 is 2.59 bits per heavy atom. The molecule has 0 spiro atoms. The molecule has 1 amide bonds. The lowest BCUT2D eigenvalue weighted by atomic mass is 9.72. The van der Waals surface area contributed by atoms with Gasteiger partial charge in [0, 0.05) is 30.4 Å². The van der Waals surface area contributed by atoms with Crippen LogP contribution < -0.4 is 5.32 Å². The lowest BCUT2D eigenvalue weighted by Gasteiger charge is -2.34.